The number of nitrogens with one attached hydrogen (secondary N) is 1. The maximum atomic E-state index is 10.9. The van der Waals surface area contributed by atoms with E-state index in [-0.39, 0.29) is 0 Å². The Bertz CT molecular complexity index is 298. The Labute approximate surface area is 93.2 Å². The molecule has 0 aliphatic carbocycles. The van der Waals surface area contributed by atoms with E-state index in [1.807, 2.05) is 24.3 Å². The van der Waals surface area contributed by atoms with E-state index in [2.05, 4.69) is 4.72 Å². The number of aldehydes is 1. The first-order chi connectivity index (χ1) is 7.22. The third-order valence-electron chi connectivity index (χ3n) is 2.00. The zero-order chi connectivity index (χ0) is 11.1. The lowest BCUT2D eigenvalue weighted by Crippen LogP contribution is -2.09. The second kappa shape index (κ2) is 6.48. The Morgan fingerprint density at radius 1 is 1.40 bits per heavy atom. The van der Waals surface area contributed by atoms with Crippen LogP contribution in [-0.2, 0) is 22.6 Å². The van der Waals surface area contributed by atoms with E-state index in [0.717, 1.165) is 24.8 Å². The topological polar surface area (TPSA) is 52.2 Å². The Morgan fingerprint density at radius 3 is 2.60 bits per heavy atom. The van der Waals surface area contributed by atoms with Gasteiger partial charge < -0.3 is 9.35 Å². The number of hydrogen-bond donors (Lipinski definition) is 1. The highest BCUT2D eigenvalue weighted by molar-refractivity contribution is 7.92. The van der Waals surface area contributed by atoms with Gasteiger partial charge in [0.15, 0.2) is 0 Å². The van der Waals surface area contributed by atoms with E-state index < -0.39 is 11.4 Å². The summed E-state index contributed by atoms with van der Waals surface area (Å²) in [4.78, 5) is 10.1. The third kappa shape index (κ3) is 4.85. The van der Waals surface area contributed by atoms with Crippen LogP contribution in [0.5, 0.6) is 0 Å². The molecule has 0 bridgehead atoms. The van der Waals surface area contributed by atoms with Gasteiger partial charge in [-0.1, -0.05) is 12.1 Å². The second-order valence-corrected chi connectivity index (χ2v) is 4.42. The van der Waals surface area contributed by atoms with Gasteiger partial charge in [-0.15, -0.1) is 0 Å². The molecule has 0 aromatic heterocycles. The number of hydrogen-bond acceptors (Lipinski definition) is 3. The normalized spacial score (nSPS) is 12.1. The zero-order valence-corrected chi connectivity index (χ0v) is 9.55. The zero-order valence-electron chi connectivity index (χ0n) is 8.73. The smallest absolute Gasteiger partial charge is 0.121 e. The number of rotatable bonds is 6. The standard InChI is InChI=1S/C11H15NO2S/c1-15(14)12-11-7-5-10(6-8-11)4-2-3-9-13/h5-9,12H,2-4H2,1H3. The van der Waals surface area contributed by atoms with Crippen molar-refractivity contribution in [2.45, 2.75) is 19.3 Å². The fraction of sp³-hybridized carbons (Fsp3) is 0.364. The molecular formula is C11H15NO2S. The van der Waals surface area contributed by atoms with Crippen molar-refractivity contribution in [2.75, 3.05) is 11.0 Å². The molecule has 1 unspecified atom stereocenters. The average molecular weight is 225 g/mol. The van der Waals surface area contributed by atoms with E-state index in [1.54, 1.807) is 6.26 Å². The molecule has 1 rings (SSSR count). The van der Waals surface area contributed by atoms with Crippen LogP contribution in [0.1, 0.15) is 18.4 Å². The van der Waals surface area contributed by atoms with Crippen LogP contribution in [-0.4, -0.2) is 17.1 Å². The van der Waals surface area contributed by atoms with E-state index in [1.165, 1.54) is 5.56 Å². The predicted molar refractivity (Wildman–Crippen MR) is 63.1 cm³/mol. The highest BCUT2D eigenvalue weighted by Crippen LogP contribution is 2.12. The summed E-state index contributed by atoms with van der Waals surface area (Å²) in [7, 11) is 0. The first-order valence-electron chi connectivity index (χ1n) is 4.85. The largest absolute Gasteiger partial charge is 0.593 e. The van der Waals surface area contributed by atoms with E-state index in [4.69, 9.17) is 0 Å². The van der Waals surface area contributed by atoms with Gasteiger partial charge in [-0.3, -0.25) is 0 Å². The fourth-order valence-electron chi connectivity index (χ4n) is 1.29. The van der Waals surface area contributed by atoms with Crippen LogP contribution in [0.25, 0.3) is 0 Å². The fourth-order valence-corrected chi connectivity index (χ4v) is 1.76. The molecule has 0 amide bonds. The summed E-state index contributed by atoms with van der Waals surface area (Å²) in [5.41, 5.74) is 2.05. The molecule has 0 aliphatic rings. The van der Waals surface area contributed by atoms with Crippen LogP contribution < -0.4 is 4.72 Å². The number of carbonyl (C=O) groups excluding carboxylic acids is 1. The molecule has 0 saturated carbocycles. The summed E-state index contributed by atoms with van der Waals surface area (Å²) in [6.45, 7) is 0. The first kappa shape index (κ1) is 12.1. The minimum absolute atomic E-state index is 0.610. The molecule has 1 aromatic rings. The SMILES string of the molecule is C[S+]([O-])Nc1ccc(CCCC=O)cc1. The van der Waals surface area contributed by atoms with Gasteiger partial charge in [0.25, 0.3) is 0 Å². The summed E-state index contributed by atoms with van der Waals surface area (Å²) in [5.74, 6) is 0. The lowest BCUT2D eigenvalue weighted by Gasteiger charge is -2.07. The van der Waals surface area contributed by atoms with Crippen molar-refractivity contribution in [1.29, 1.82) is 0 Å². The number of benzene rings is 1. The summed E-state index contributed by atoms with van der Waals surface area (Å²) >= 11 is -1.03. The molecular weight excluding hydrogens is 210 g/mol. The van der Waals surface area contributed by atoms with Gasteiger partial charge in [0.1, 0.15) is 12.5 Å². The van der Waals surface area contributed by atoms with Crippen molar-refractivity contribution in [3.05, 3.63) is 29.8 Å². The van der Waals surface area contributed by atoms with Crippen molar-refractivity contribution < 1.29 is 9.35 Å². The first-order valence-corrected chi connectivity index (χ1v) is 6.41. The Hall–Kier alpha value is -1.00. The van der Waals surface area contributed by atoms with Gasteiger partial charge >= 0.3 is 0 Å². The summed E-state index contributed by atoms with van der Waals surface area (Å²) in [6, 6.07) is 7.77. The second-order valence-electron chi connectivity index (χ2n) is 3.31. The van der Waals surface area contributed by atoms with Crippen LogP contribution in [0.2, 0.25) is 0 Å². The van der Waals surface area contributed by atoms with Crippen LogP contribution in [0, 0.1) is 0 Å². The molecule has 0 aliphatic heterocycles. The maximum absolute atomic E-state index is 10.9. The van der Waals surface area contributed by atoms with Crippen LogP contribution in [0.3, 0.4) is 0 Å². The van der Waals surface area contributed by atoms with Gasteiger partial charge in [-0.25, -0.2) is 4.72 Å². The maximum Gasteiger partial charge on any atom is 0.121 e. The highest BCUT2D eigenvalue weighted by atomic mass is 32.2. The van der Waals surface area contributed by atoms with Crippen LogP contribution >= 0.6 is 0 Å². The van der Waals surface area contributed by atoms with Gasteiger partial charge in [0.2, 0.25) is 0 Å². The molecule has 0 heterocycles. The van der Waals surface area contributed by atoms with Crippen molar-refractivity contribution in [2.24, 2.45) is 0 Å². The number of aryl methyl sites for hydroxylation is 1. The van der Waals surface area contributed by atoms with Crippen molar-refractivity contribution in [3.63, 3.8) is 0 Å². The highest BCUT2D eigenvalue weighted by Gasteiger charge is 1.98. The summed E-state index contributed by atoms with van der Waals surface area (Å²) in [5, 5.41) is 0. The van der Waals surface area contributed by atoms with Crippen molar-refractivity contribution in [3.8, 4) is 0 Å². The van der Waals surface area contributed by atoms with Gasteiger partial charge in [0, 0.05) is 6.42 Å². The van der Waals surface area contributed by atoms with Crippen molar-refractivity contribution >= 4 is 23.3 Å². The minimum atomic E-state index is -1.03. The average Bonchev–Trinajstić information content (AvgIpc) is 2.20. The molecule has 0 radical (unpaired) electrons. The van der Waals surface area contributed by atoms with Crippen LogP contribution in [0.4, 0.5) is 5.69 Å². The number of unbranched alkanes of at least 4 members (excludes halogenated alkanes) is 1. The van der Waals surface area contributed by atoms with E-state index >= 15 is 0 Å². The molecule has 0 fully saturated rings. The van der Waals surface area contributed by atoms with Gasteiger partial charge in [-0.2, -0.15) is 0 Å². The predicted octanol–water partition coefficient (Wildman–Crippen LogP) is 1.91. The number of carbonyl (C=O) groups is 1. The molecule has 3 nitrogen and oxygen atoms in total. The third-order valence-corrected chi connectivity index (χ3v) is 2.53. The Kier molecular flexibility index (Phi) is 5.21. The molecule has 4 heteroatoms. The lowest BCUT2D eigenvalue weighted by molar-refractivity contribution is -0.107. The molecule has 0 spiro atoms. The molecule has 15 heavy (non-hydrogen) atoms. The van der Waals surface area contributed by atoms with Gasteiger partial charge in [-0.05, 0) is 30.5 Å². The quantitative estimate of drug-likeness (QED) is 0.457. The Balaban J connectivity index is 2.45. The Morgan fingerprint density at radius 2 is 2.07 bits per heavy atom. The lowest BCUT2D eigenvalue weighted by atomic mass is 10.1. The van der Waals surface area contributed by atoms with Crippen LogP contribution in [0.15, 0.2) is 24.3 Å². The molecule has 1 atom stereocenters. The summed E-state index contributed by atoms with van der Waals surface area (Å²) < 4.78 is 13.7. The van der Waals surface area contributed by atoms with E-state index in [9.17, 15) is 9.35 Å². The van der Waals surface area contributed by atoms with E-state index in [0.29, 0.717) is 6.42 Å². The number of anilines is 1. The summed E-state index contributed by atoms with van der Waals surface area (Å²) in [6.07, 6.45) is 4.94. The molecule has 0 saturated heterocycles. The molecule has 1 aromatic carbocycles. The molecule has 1 N–H and O–H groups in total. The van der Waals surface area contributed by atoms with Gasteiger partial charge in [0.05, 0.1) is 17.0 Å². The van der Waals surface area contributed by atoms with Crippen molar-refractivity contribution in [1.82, 2.24) is 0 Å². The monoisotopic (exact) mass is 225 g/mol. The minimum Gasteiger partial charge on any atom is -0.593 e. The molecule has 82 valence electrons.